The molecule has 3 aromatic heterocycles. The first kappa shape index (κ1) is 19.9. The van der Waals surface area contributed by atoms with E-state index in [0.29, 0.717) is 22.2 Å². The van der Waals surface area contributed by atoms with E-state index in [4.69, 9.17) is 9.47 Å². The first-order valence-corrected chi connectivity index (χ1v) is 9.02. The number of ether oxygens (including phenoxy) is 2. The molecule has 0 saturated heterocycles. The number of carbonyl (C=O) groups is 1. The van der Waals surface area contributed by atoms with Crippen molar-refractivity contribution >= 4 is 22.6 Å². The number of anilines is 1. The number of nitrogens with one attached hydrogen (secondary N) is 1. The zero-order valence-electron chi connectivity index (χ0n) is 16.3. The summed E-state index contributed by atoms with van der Waals surface area (Å²) in [4.78, 5) is 23.8. The Morgan fingerprint density at radius 2 is 1.87 bits per heavy atom. The average Bonchev–Trinajstić information content (AvgIpc) is 3.38. The number of fused-ring (bicyclic) bond motifs is 1. The van der Waals surface area contributed by atoms with Crippen LogP contribution in [0.5, 0.6) is 11.8 Å². The molecule has 158 valence electrons. The Balaban J connectivity index is 1.78. The number of carbonyl (C=O) groups excluding carboxylic acids is 1. The van der Waals surface area contributed by atoms with Crippen LogP contribution in [0.1, 0.15) is 18.7 Å². The SMILES string of the molecule is COc1nc(C(F)F)nc(OC)c1-c1cc2cc(NC(=O)[C@@H]3C[C@@H]3F)ncc2n1C. The summed E-state index contributed by atoms with van der Waals surface area (Å²) in [6, 6.07) is 3.38. The van der Waals surface area contributed by atoms with Gasteiger partial charge >= 0.3 is 0 Å². The van der Waals surface area contributed by atoms with Gasteiger partial charge in [0, 0.05) is 12.4 Å². The third-order valence-electron chi connectivity index (χ3n) is 4.93. The fourth-order valence-electron chi connectivity index (χ4n) is 3.24. The number of rotatable bonds is 6. The van der Waals surface area contributed by atoms with E-state index in [0.717, 1.165) is 0 Å². The second-order valence-corrected chi connectivity index (χ2v) is 6.84. The molecule has 1 aliphatic rings. The summed E-state index contributed by atoms with van der Waals surface area (Å²) >= 11 is 0. The van der Waals surface area contributed by atoms with Crippen LogP contribution in [-0.4, -0.2) is 45.8 Å². The van der Waals surface area contributed by atoms with E-state index in [-0.39, 0.29) is 24.0 Å². The first-order chi connectivity index (χ1) is 14.3. The summed E-state index contributed by atoms with van der Waals surface area (Å²) in [5.41, 5.74) is 1.53. The minimum absolute atomic E-state index is 0.0627. The fourth-order valence-corrected chi connectivity index (χ4v) is 3.24. The maximum absolute atomic E-state index is 13.1. The number of hydrogen-bond donors (Lipinski definition) is 1. The molecule has 30 heavy (non-hydrogen) atoms. The van der Waals surface area contributed by atoms with Crippen molar-refractivity contribution in [1.29, 1.82) is 0 Å². The van der Waals surface area contributed by atoms with Gasteiger partial charge in [-0.05, 0) is 18.6 Å². The summed E-state index contributed by atoms with van der Waals surface area (Å²) in [6.07, 6.45) is -2.23. The maximum Gasteiger partial charge on any atom is 0.297 e. The van der Waals surface area contributed by atoms with Crippen molar-refractivity contribution in [3.05, 3.63) is 24.2 Å². The summed E-state index contributed by atoms with van der Waals surface area (Å²) in [5, 5.41) is 3.30. The molecule has 11 heteroatoms. The van der Waals surface area contributed by atoms with Gasteiger partial charge in [0.15, 0.2) is 0 Å². The van der Waals surface area contributed by atoms with Crippen molar-refractivity contribution in [2.24, 2.45) is 13.0 Å². The van der Waals surface area contributed by atoms with E-state index in [1.807, 2.05) is 0 Å². The molecule has 1 amide bonds. The lowest BCUT2D eigenvalue weighted by molar-refractivity contribution is -0.117. The number of aromatic nitrogens is 4. The molecule has 4 rings (SSSR count). The molecule has 0 radical (unpaired) electrons. The smallest absolute Gasteiger partial charge is 0.297 e. The van der Waals surface area contributed by atoms with Crippen molar-refractivity contribution in [3.8, 4) is 23.0 Å². The predicted molar refractivity (Wildman–Crippen MR) is 101 cm³/mol. The Kier molecular flexibility index (Phi) is 4.96. The van der Waals surface area contributed by atoms with E-state index in [2.05, 4.69) is 20.3 Å². The zero-order chi connectivity index (χ0) is 21.6. The largest absolute Gasteiger partial charge is 0.480 e. The molecule has 0 spiro atoms. The average molecular weight is 421 g/mol. The number of alkyl halides is 3. The highest BCUT2D eigenvalue weighted by atomic mass is 19.3. The van der Waals surface area contributed by atoms with E-state index < -0.39 is 30.2 Å². The summed E-state index contributed by atoms with van der Waals surface area (Å²) in [6.45, 7) is 0. The predicted octanol–water partition coefficient (Wildman–Crippen LogP) is 3.28. The number of aryl methyl sites for hydroxylation is 1. The molecule has 0 aromatic carbocycles. The molecule has 0 aliphatic heterocycles. The second-order valence-electron chi connectivity index (χ2n) is 6.84. The lowest BCUT2D eigenvalue weighted by Gasteiger charge is -2.13. The standard InChI is InChI=1S/C19H18F3N5O3/c1-27-11(14-18(29-2)25-16(15(21)22)26-19(14)30-3)4-8-5-13(23-7-12(8)27)24-17(28)9-6-10(9)20/h4-5,7,9-10,15H,6H2,1-3H3,(H,23,24,28)/t9-,10+/m1/s1. The van der Waals surface area contributed by atoms with E-state index >= 15 is 0 Å². The summed E-state index contributed by atoms with van der Waals surface area (Å²) in [5.74, 6) is -1.59. The molecule has 1 N–H and O–H groups in total. The highest BCUT2D eigenvalue weighted by Gasteiger charge is 2.43. The number of pyridine rings is 1. The van der Waals surface area contributed by atoms with Crippen LogP contribution in [0.4, 0.5) is 19.0 Å². The Bertz CT molecular complexity index is 1110. The maximum atomic E-state index is 13.1. The van der Waals surface area contributed by atoms with Crippen LogP contribution in [-0.2, 0) is 11.8 Å². The molecule has 0 unspecified atom stereocenters. The van der Waals surface area contributed by atoms with Crippen molar-refractivity contribution in [2.45, 2.75) is 19.0 Å². The highest BCUT2D eigenvalue weighted by molar-refractivity contribution is 5.96. The van der Waals surface area contributed by atoms with Crippen molar-refractivity contribution in [1.82, 2.24) is 19.5 Å². The van der Waals surface area contributed by atoms with Crippen LogP contribution in [0, 0.1) is 5.92 Å². The third kappa shape index (κ3) is 3.40. The van der Waals surface area contributed by atoms with Gasteiger partial charge < -0.3 is 19.4 Å². The van der Waals surface area contributed by atoms with Gasteiger partial charge in [-0.15, -0.1) is 0 Å². The molecule has 8 nitrogen and oxygen atoms in total. The Hall–Kier alpha value is -3.37. The van der Waals surface area contributed by atoms with Gasteiger partial charge in [-0.25, -0.2) is 18.2 Å². The number of nitrogens with zero attached hydrogens (tertiary/aromatic N) is 4. The van der Waals surface area contributed by atoms with Gasteiger partial charge in [0.2, 0.25) is 23.5 Å². The lowest BCUT2D eigenvalue weighted by atomic mass is 10.2. The highest BCUT2D eigenvalue weighted by Crippen LogP contribution is 2.40. The molecular weight excluding hydrogens is 403 g/mol. The fraction of sp³-hybridized carbons (Fsp3) is 0.368. The van der Waals surface area contributed by atoms with Gasteiger partial charge in [-0.3, -0.25) is 4.79 Å². The molecule has 3 heterocycles. The van der Waals surface area contributed by atoms with Gasteiger partial charge in [-0.2, -0.15) is 9.97 Å². The van der Waals surface area contributed by atoms with E-state index in [1.54, 1.807) is 29.9 Å². The van der Waals surface area contributed by atoms with Crippen molar-refractivity contribution < 1.29 is 27.4 Å². The minimum atomic E-state index is -2.89. The normalized spacial score (nSPS) is 18.0. The van der Waals surface area contributed by atoms with E-state index in [9.17, 15) is 18.0 Å². The van der Waals surface area contributed by atoms with Gasteiger partial charge in [0.25, 0.3) is 6.43 Å². The molecule has 1 saturated carbocycles. The topological polar surface area (TPSA) is 91.2 Å². The van der Waals surface area contributed by atoms with Crippen LogP contribution in [0.2, 0.25) is 0 Å². The molecular formula is C19H18F3N5O3. The zero-order valence-corrected chi connectivity index (χ0v) is 16.3. The van der Waals surface area contributed by atoms with E-state index in [1.165, 1.54) is 14.2 Å². The summed E-state index contributed by atoms with van der Waals surface area (Å²) in [7, 11) is 4.37. The minimum Gasteiger partial charge on any atom is -0.480 e. The Morgan fingerprint density at radius 3 is 2.40 bits per heavy atom. The van der Waals surface area contributed by atoms with Gasteiger partial charge in [0.1, 0.15) is 17.6 Å². The number of methoxy groups -OCH3 is 2. The Labute approximate surface area is 169 Å². The van der Waals surface area contributed by atoms with Crippen LogP contribution in [0.25, 0.3) is 22.2 Å². The monoisotopic (exact) mass is 421 g/mol. The third-order valence-corrected chi connectivity index (χ3v) is 4.93. The molecule has 1 aliphatic carbocycles. The van der Waals surface area contributed by atoms with Gasteiger partial charge in [0.05, 0.1) is 37.5 Å². The van der Waals surface area contributed by atoms with Crippen molar-refractivity contribution in [2.75, 3.05) is 19.5 Å². The first-order valence-electron chi connectivity index (χ1n) is 9.02. The molecule has 0 bridgehead atoms. The molecule has 2 atom stereocenters. The lowest BCUT2D eigenvalue weighted by Crippen LogP contribution is -2.15. The van der Waals surface area contributed by atoms with Crippen LogP contribution < -0.4 is 14.8 Å². The Morgan fingerprint density at radius 1 is 1.23 bits per heavy atom. The summed E-state index contributed by atoms with van der Waals surface area (Å²) < 4.78 is 51.5. The van der Waals surface area contributed by atoms with Crippen molar-refractivity contribution in [3.63, 3.8) is 0 Å². The quantitative estimate of drug-likeness (QED) is 0.657. The number of amides is 1. The number of halogens is 3. The second kappa shape index (κ2) is 7.47. The van der Waals surface area contributed by atoms with Gasteiger partial charge in [-0.1, -0.05) is 0 Å². The van der Waals surface area contributed by atoms with Crippen LogP contribution in [0.3, 0.4) is 0 Å². The molecule has 3 aromatic rings. The molecule has 1 fully saturated rings. The number of hydrogen-bond acceptors (Lipinski definition) is 6. The van der Waals surface area contributed by atoms with Crippen LogP contribution >= 0.6 is 0 Å². The van der Waals surface area contributed by atoms with Crippen LogP contribution in [0.15, 0.2) is 18.3 Å².